The number of anilines is 1. The van der Waals surface area contributed by atoms with Crippen molar-refractivity contribution in [2.24, 2.45) is 5.73 Å². The molecule has 1 aromatic carbocycles. The summed E-state index contributed by atoms with van der Waals surface area (Å²) < 4.78 is 7.50. The molecule has 194 valence electrons. The number of nitrogens with one attached hydrogen (secondary N) is 1. The number of aromatic nitrogens is 1. The fourth-order valence-corrected chi connectivity index (χ4v) is 5.07. The summed E-state index contributed by atoms with van der Waals surface area (Å²) in [5.41, 5.74) is 7.34. The van der Waals surface area contributed by atoms with Gasteiger partial charge in [0.25, 0.3) is 5.91 Å². The third-order valence-electron chi connectivity index (χ3n) is 6.78. The minimum Gasteiger partial charge on any atom is -0.444 e. The number of rotatable bonds is 6. The van der Waals surface area contributed by atoms with Crippen LogP contribution < -0.4 is 11.1 Å². The molecule has 9 nitrogen and oxygen atoms in total. The van der Waals surface area contributed by atoms with E-state index in [-0.39, 0.29) is 30.0 Å². The Kier molecular flexibility index (Phi) is 7.68. The van der Waals surface area contributed by atoms with E-state index in [1.54, 1.807) is 4.90 Å². The van der Waals surface area contributed by atoms with Gasteiger partial charge >= 0.3 is 6.09 Å². The number of likely N-dealkylation sites (tertiary alicyclic amines) is 2. The first-order chi connectivity index (χ1) is 17.1. The lowest BCUT2D eigenvalue weighted by atomic mass is 10.0. The molecule has 1 unspecified atom stereocenters. The average Bonchev–Trinajstić information content (AvgIpc) is 3.48. The first-order valence-electron chi connectivity index (χ1n) is 12.7. The van der Waals surface area contributed by atoms with Gasteiger partial charge in [-0.15, -0.1) is 0 Å². The molecule has 3 amide bonds. The molecular weight excluding hydrogens is 458 g/mol. The summed E-state index contributed by atoms with van der Waals surface area (Å²) in [6, 6.07) is 11.3. The van der Waals surface area contributed by atoms with Crippen LogP contribution in [-0.4, -0.2) is 63.6 Å². The van der Waals surface area contributed by atoms with Gasteiger partial charge in [0.2, 0.25) is 5.91 Å². The summed E-state index contributed by atoms with van der Waals surface area (Å²) in [5.74, 6) is -0.461. The normalized spacial score (nSPS) is 19.3. The van der Waals surface area contributed by atoms with Gasteiger partial charge in [-0.3, -0.25) is 14.5 Å². The van der Waals surface area contributed by atoms with Crippen molar-refractivity contribution in [1.29, 1.82) is 0 Å². The fraction of sp³-hybridized carbons (Fsp3) is 0.519. The maximum Gasteiger partial charge on any atom is 0.410 e. The summed E-state index contributed by atoms with van der Waals surface area (Å²) in [6.45, 7) is 8.22. The van der Waals surface area contributed by atoms with Crippen LogP contribution in [0.5, 0.6) is 0 Å². The lowest BCUT2D eigenvalue weighted by Crippen LogP contribution is -2.42. The average molecular weight is 496 g/mol. The molecular formula is C27H37N5O4. The molecule has 2 aliphatic rings. The number of nitrogens with zero attached hydrogens (tertiary/aromatic N) is 3. The van der Waals surface area contributed by atoms with Crippen molar-refractivity contribution in [2.45, 2.75) is 70.7 Å². The molecule has 4 rings (SSSR count). The van der Waals surface area contributed by atoms with Crippen LogP contribution in [0.15, 0.2) is 42.6 Å². The first-order valence-corrected chi connectivity index (χ1v) is 12.7. The van der Waals surface area contributed by atoms with Gasteiger partial charge in [0.1, 0.15) is 11.3 Å². The third kappa shape index (κ3) is 6.26. The zero-order valence-electron chi connectivity index (χ0n) is 21.4. The quantitative estimate of drug-likeness (QED) is 0.634. The zero-order valence-corrected chi connectivity index (χ0v) is 21.4. The highest BCUT2D eigenvalue weighted by atomic mass is 16.6. The van der Waals surface area contributed by atoms with Crippen LogP contribution in [-0.2, 0) is 16.1 Å². The number of ether oxygens (including phenoxy) is 1. The summed E-state index contributed by atoms with van der Waals surface area (Å²) in [5, 5.41) is 3.02. The van der Waals surface area contributed by atoms with Gasteiger partial charge < -0.3 is 25.3 Å². The predicted molar refractivity (Wildman–Crippen MR) is 138 cm³/mol. The van der Waals surface area contributed by atoms with Crippen LogP contribution in [0, 0.1) is 0 Å². The number of piperidine rings is 1. The van der Waals surface area contributed by atoms with Crippen molar-refractivity contribution in [1.82, 2.24) is 14.4 Å². The van der Waals surface area contributed by atoms with E-state index in [1.165, 1.54) is 0 Å². The molecule has 3 heterocycles. The number of carbonyl (C=O) groups is 3. The Morgan fingerprint density at radius 2 is 1.81 bits per heavy atom. The Labute approximate surface area is 212 Å². The Morgan fingerprint density at radius 3 is 2.50 bits per heavy atom. The second-order valence-electron chi connectivity index (χ2n) is 10.7. The summed E-state index contributed by atoms with van der Waals surface area (Å²) in [6.07, 6.45) is 4.89. The lowest BCUT2D eigenvalue weighted by Gasteiger charge is -2.34. The molecule has 9 heteroatoms. The van der Waals surface area contributed by atoms with E-state index < -0.39 is 5.60 Å². The molecule has 36 heavy (non-hydrogen) atoms. The number of primary amides is 1. The van der Waals surface area contributed by atoms with Crippen molar-refractivity contribution < 1.29 is 19.1 Å². The molecule has 2 fully saturated rings. The van der Waals surface area contributed by atoms with Crippen LogP contribution in [0.3, 0.4) is 0 Å². The Bertz CT molecular complexity index is 1100. The number of benzene rings is 1. The SMILES string of the molecule is CC(C)(C)OC(=O)N1CCC(n2cccc2C(=O)Nc2cccc(CN3CCCC3C(N)=O)c2)CC1. The maximum atomic E-state index is 13.2. The van der Waals surface area contributed by atoms with Crippen molar-refractivity contribution >= 4 is 23.6 Å². The van der Waals surface area contributed by atoms with Crippen LogP contribution in [0.2, 0.25) is 0 Å². The van der Waals surface area contributed by atoms with Gasteiger partial charge in [0.15, 0.2) is 0 Å². The molecule has 0 saturated carbocycles. The summed E-state index contributed by atoms with van der Waals surface area (Å²) in [4.78, 5) is 41.1. The lowest BCUT2D eigenvalue weighted by molar-refractivity contribution is -0.122. The van der Waals surface area contributed by atoms with Gasteiger partial charge in [-0.25, -0.2) is 4.79 Å². The minimum atomic E-state index is -0.519. The summed E-state index contributed by atoms with van der Waals surface area (Å²) in [7, 11) is 0. The fourth-order valence-electron chi connectivity index (χ4n) is 5.07. The van der Waals surface area contributed by atoms with E-state index in [2.05, 4.69) is 10.2 Å². The molecule has 2 aliphatic heterocycles. The zero-order chi connectivity index (χ0) is 25.9. The second kappa shape index (κ2) is 10.7. The van der Waals surface area contributed by atoms with Gasteiger partial charge in [-0.2, -0.15) is 0 Å². The van der Waals surface area contributed by atoms with Gasteiger partial charge in [-0.1, -0.05) is 12.1 Å². The molecule has 3 N–H and O–H groups in total. The van der Waals surface area contributed by atoms with Gasteiger partial charge in [0, 0.05) is 37.6 Å². The van der Waals surface area contributed by atoms with Crippen molar-refractivity contribution in [3.63, 3.8) is 0 Å². The largest absolute Gasteiger partial charge is 0.444 e. The van der Waals surface area contributed by atoms with Crippen LogP contribution >= 0.6 is 0 Å². The minimum absolute atomic E-state index is 0.131. The van der Waals surface area contributed by atoms with Gasteiger partial charge in [-0.05, 0) is 82.8 Å². The standard InChI is InChI=1S/C27H37N5O4/c1-27(2,3)36-26(35)30-15-11-21(12-16-30)32-14-6-10-23(32)25(34)29-20-8-4-7-19(17-20)18-31-13-5-9-22(31)24(28)33/h4,6-8,10,14,17,21-22H,5,9,11-13,15-16,18H2,1-3H3,(H2,28,33)(H,29,34). The Morgan fingerprint density at radius 1 is 1.06 bits per heavy atom. The first kappa shape index (κ1) is 25.8. The van der Waals surface area contributed by atoms with E-state index in [0.717, 1.165) is 37.8 Å². The number of hydrogen-bond acceptors (Lipinski definition) is 5. The van der Waals surface area contributed by atoms with E-state index >= 15 is 0 Å². The molecule has 1 aromatic heterocycles. The van der Waals surface area contributed by atoms with Gasteiger partial charge in [0.05, 0.1) is 6.04 Å². The predicted octanol–water partition coefficient (Wildman–Crippen LogP) is 3.76. The number of nitrogens with two attached hydrogens (primary N) is 1. The molecule has 0 aliphatic carbocycles. The number of carbonyl (C=O) groups excluding carboxylic acids is 3. The molecule has 2 saturated heterocycles. The molecule has 0 radical (unpaired) electrons. The highest BCUT2D eigenvalue weighted by molar-refractivity contribution is 6.03. The third-order valence-corrected chi connectivity index (χ3v) is 6.78. The van der Waals surface area contributed by atoms with Crippen molar-refractivity contribution in [3.05, 3.63) is 53.9 Å². The molecule has 1 atom stereocenters. The van der Waals surface area contributed by atoms with Crippen molar-refractivity contribution in [2.75, 3.05) is 25.0 Å². The topological polar surface area (TPSA) is 110 Å². The molecule has 0 bridgehead atoms. The second-order valence-corrected chi connectivity index (χ2v) is 10.7. The van der Waals surface area contributed by atoms with E-state index in [0.29, 0.717) is 31.0 Å². The number of hydrogen-bond donors (Lipinski definition) is 2. The van der Waals surface area contributed by atoms with Crippen LogP contribution in [0.25, 0.3) is 0 Å². The van der Waals surface area contributed by atoms with Crippen molar-refractivity contribution in [3.8, 4) is 0 Å². The summed E-state index contributed by atoms with van der Waals surface area (Å²) >= 11 is 0. The smallest absolute Gasteiger partial charge is 0.410 e. The maximum absolute atomic E-state index is 13.2. The molecule has 2 aromatic rings. The van der Waals surface area contributed by atoms with Crippen LogP contribution in [0.1, 0.15) is 68.5 Å². The van der Waals surface area contributed by atoms with E-state index in [1.807, 2.05) is 67.9 Å². The Balaban J connectivity index is 1.37. The highest BCUT2D eigenvalue weighted by Gasteiger charge is 2.30. The van der Waals surface area contributed by atoms with E-state index in [4.69, 9.17) is 10.5 Å². The Hall–Kier alpha value is -3.33. The number of amides is 3. The van der Waals surface area contributed by atoms with E-state index in [9.17, 15) is 14.4 Å². The monoisotopic (exact) mass is 495 g/mol. The molecule has 0 spiro atoms. The van der Waals surface area contributed by atoms with Crippen LogP contribution in [0.4, 0.5) is 10.5 Å². The highest BCUT2D eigenvalue weighted by Crippen LogP contribution is 2.27.